The molecule has 2 aliphatic heterocycles. The molecule has 1 amide bonds. The number of nitrogens with zero attached hydrogens (tertiary/aromatic N) is 2. The first kappa shape index (κ1) is 21.7. The lowest BCUT2D eigenvalue weighted by molar-refractivity contribution is -0.133. The molecule has 5 heteroatoms. The second-order valence-electron chi connectivity index (χ2n) is 8.90. The number of hydrogen-bond acceptors (Lipinski definition) is 4. The van der Waals surface area contributed by atoms with E-state index in [1.807, 2.05) is 30.0 Å². The number of rotatable bonds is 6. The molecule has 0 aliphatic carbocycles. The lowest BCUT2D eigenvalue weighted by atomic mass is 9.90. The number of hydrogen-bond donors (Lipinski definition) is 0. The van der Waals surface area contributed by atoms with E-state index in [4.69, 9.17) is 9.47 Å². The average Bonchev–Trinajstić information content (AvgIpc) is 2.96. The van der Waals surface area contributed by atoms with Crippen LogP contribution in [0.1, 0.15) is 37.3 Å². The largest absolute Gasteiger partial charge is 0.497 e. The molecule has 4 rings (SSSR count). The summed E-state index contributed by atoms with van der Waals surface area (Å²) in [6, 6.07) is 16.6. The van der Waals surface area contributed by atoms with E-state index >= 15 is 0 Å². The minimum atomic E-state index is -0.0210. The monoisotopic (exact) mass is 422 g/mol. The van der Waals surface area contributed by atoms with Gasteiger partial charge in [0.15, 0.2) is 0 Å². The predicted molar refractivity (Wildman–Crippen MR) is 122 cm³/mol. The third-order valence-corrected chi connectivity index (χ3v) is 6.50. The Morgan fingerprint density at radius 2 is 1.90 bits per heavy atom. The van der Waals surface area contributed by atoms with Gasteiger partial charge in [-0.25, -0.2) is 0 Å². The molecule has 0 radical (unpaired) electrons. The molecule has 166 valence electrons. The smallest absolute Gasteiger partial charge is 0.224 e. The maximum absolute atomic E-state index is 13.0. The highest BCUT2D eigenvalue weighted by Gasteiger charge is 2.25. The minimum Gasteiger partial charge on any atom is -0.497 e. The summed E-state index contributed by atoms with van der Waals surface area (Å²) in [5, 5.41) is 0. The highest BCUT2D eigenvalue weighted by atomic mass is 16.5. The summed E-state index contributed by atoms with van der Waals surface area (Å²) in [4.78, 5) is 17.4. The Hall–Kier alpha value is -2.53. The van der Waals surface area contributed by atoms with Gasteiger partial charge in [0.2, 0.25) is 5.91 Å². The van der Waals surface area contributed by atoms with Gasteiger partial charge >= 0.3 is 0 Å². The normalized spacial score (nSPS) is 19.9. The van der Waals surface area contributed by atoms with Crippen molar-refractivity contribution in [1.82, 2.24) is 9.80 Å². The van der Waals surface area contributed by atoms with Crippen LogP contribution in [0.5, 0.6) is 11.5 Å². The van der Waals surface area contributed by atoms with Crippen molar-refractivity contribution in [2.45, 2.75) is 45.3 Å². The zero-order valence-corrected chi connectivity index (χ0v) is 18.8. The van der Waals surface area contributed by atoms with Crippen LogP contribution in [-0.2, 0) is 17.8 Å². The van der Waals surface area contributed by atoms with Crippen LogP contribution in [0.2, 0.25) is 0 Å². The van der Waals surface area contributed by atoms with Crippen LogP contribution in [0.25, 0.3) is 0 Å². The van der Waals surface area contributed by atoms with Crippen LogP contribution < -0.4 is 9.47 Å². The number of likely N-dealkylation sites (tertiary alicyclic amines) is 1. The second kappa shape index (κ2) is 10.2. The molecule has 0 unspecified atom stereocenters. The molecule has 1 fully saturated rings. The molecule has 2 aromatic carbocycles. The van der Waals surface area contributed by atoms with Crippen molar-refractivity contribution in [3.05, 3.63) is 59.7 Å². The fraction of sp³-hybridized carbons (Fsp3) is 0.500. The van der Waals surface area contributed by atoms with Crippen molar-refractivity contribution in [3.63, 3.8) is 0 Å². The van der Waals surface area contributed by atoms with Crippen molar-refractivity contribution >= 4 is 5.91 Å². The second-order valence-corrected chi connectivity index (χ2v) is 8.90. The molecule has 31 heavy (non-hydrogen) atoms. The minimum absolute atomic E-state index is 0.0210. The summed E-state index contributed by atoms with van der Waals surface area (Å²) in [5.74, 6) is 2.61. The molecule has 0 aromatic heterocycles. The SMILES string of the molecule is COc1ccc2c(c1)CN(C(=O)CCN1CCC(Cc3ccccc3)CC1)C[C@H](C)O2. The van der Waals surface area contributed by atoms with E-state index in [1.165, 1.54) is 24.8 Å². The Bertz CT molecular complexity index is 862. The molecule has 2 heterocycles. The van der Waals surface area contributed by atoms with Gasteiger partial charge in [-0.15, -0.1) is 0 Å². The lowest BCUT2D eigenvalue weighted by Gasteiger charge is -2.32. The number of carbonyl (C=O) groups excluding carboxylic acids is 1. The lowest BCUT2D eigenvalue weighted by Crippen LogP contribution is -2.40. The molecule has 0 bridgehead atoms. The van der Waals surface area contributed by atoms with Gasteiger partial charge in [0.1, 0.15) is 17.6 Å². The molecule has 1 atom stereocenters. The van der Waals surface area contributed by atoms with Crippen molar-refractivity contribution < 1.29 is 14.3 Å². The van der Waals surface area contributed by atoms with Gasteiger partial charge in [-0.2, -0.15) is 0 Å². The standard InChI is InChI=1S/C26H34N2O3/c1-20-18-28(19-23-17-24(30-2)8-9-25(23)31-20)26(29)12-15-27-13-10-22(11-14-27)16-21-6-4-3-5-7-21/h3-9,17,20,22H,10-16,18-19H2,1-2H3/t20-/m0/s1. The maximum Gasteiger partial charge on any atom is 0.224 e. The van der Waals surface area contributed by atoms with Crippen molar-refractivity contribution in [2.24, 2.45) is 5.92 Å². The summed E-state index contributed by atoms with van der Waals surface area (Å²) in [6.07, 6.45) is 4.14. The zero-order chi connectivity index (χ0) is 21.6. The Balaban J connectivity index is 1.26. The molecule has 1 saturated heterocycles. The van der Waals surface area contributed by atoms with Gasteiger partial charge in [0.05, 0.1) is 13.7 Å². The van der Waals surface area contributed by atoms with Gasteiger partial charge in [0, 0.05) is 25.1 Å². The van der Waals surface area contributed by atoms with Gasteiger partial charge in [-0.05, 0) is 69.0 Å². The quantitative estimate of drug-likeness (QED) is 0.701. The molecular formula is C26H34N2O3. The van der Waals surface area contributed by atoms with Crippen LogP contribution >= 0.6 is 0 Å². The van der Waals surface area contributed by atoms with Crippen molar-refractivity contribution in [3.8, 4) is 11.5 Å². The topological polar surface area (TPSA) is 42.0 Å². The number of piperidine rings is 1. The third kappa shape index (κ3) is 5.79. The Morgan fingerprint density at radius 3 is 2.65 bits per heavy atom. The van der Waals surface area contributed by atoms with Gasteiger partial charge in [-0.1, -0.05) is 30.3 Å². The number of benzene rings is 2. The van der Waals surface area contributed by atoms with E-state index in [1.54, 1.807) is 7.11 Å². The molecular weight excluding hydrogens is 388 g/mol. The summed E-state index contributed by atoms with van der Waals surface area (Å²) in [5.41, 5.74) is 2.45. The molecule has 0 saturated carbocycles. The Morgan fingerprint density at radius 1 is 1.13 bits per heavy atom. The Kier molecular flexibility index (Phi) is 7.13. The van der Waals surface area contributed by atoms with Crippen LogP contribution in [-0.4, -0.2) is 55.1 Å². The molecule has 0 spiro atoms. The summed E-state index contributed by atoms with van der Waals surface area (Å²) >= 11 is 0. The first-order chi connectivity index (χ1) is 15.1. The van der Waals surface area contributed by atoms with Crippen LogP contribution in [0.4, 0.5) is 0 Å². The number of carbonyl (C=O) groups is 1. The van der Waals surface area contributed by atoms with Gasteiger partial charge in [-0.3, -0.25) is 4.79 Å². The van der Waals surface area contributed by atoms with E-state index in [9.17, 15) is 4.79 Å². The van der Waals surface area contributed by atoms with Crippen molar-refractivity contribution in [1.29, 1.82) is 0 Å². The van der Waals surface area contributed by atoms with E-state index in [-0.39, 0.29) is 12.0 Å². The van der Waals surface area contributed by atoms with Gasteiger partial charge < -0.3 is 19.3 Å². The average molecular weight is 423 g/mol. The van der Waals surface area contributed by atoms with Gasteiger partial charge in [0.25, 0.3) is 0 Å². The fourth-order valence-electron chi connectivity index (χ4n) is 4.72. The zero-order valence-electron chi connectivity index (χ0n) is 18.8. The highest BCUT2D eigenvalue weighted by Crippen LogP contribution is 2.29. The predicted octanol–water partition coefficient (Wildman–Crippen LogP) is 4.15. The number of fused-ring (bicyclic) bond motifs is 1. The van der Waals surface area contributed by atoms with E-state index in [0.717, 1.165) is 42.6 Å². The van der Waals surface area contributed by atoms with Crippen molar-refractivity contribution in [2.75, 3.05) is 33.3 Å². The fourth-order valence-corrected chi connectivity index (χ4v) is 4.72. The van der Waals surface area contributed by atoms with E-state index in [2.05, 4.69) is 35.2 Å². The van der Waals surface area contributed by atoms with Crippen LogP contribution in [0.3, 0.4) is 0 Å². The number of methoxy groups -OCH3 is 1. The number of ether oxygens (including phenoxy) is 2. The third-order valence-electron chi connectivity index (χ3n) is 6.50. The maximum atomic E-state index is 13.0. The van der Waals surface area contributed by atoms with Crippen LogP contribution in [0, 0.1) is 5.92 Å². The molecule has 5 nitrogen and oxygen atoms in total. The summed E-state index contributed by atoms with van der Waals surface area (Å²) < 4.78 is 11.4. The summed E-state index contributed by atoms with van der Waals surface area (Å²) in [7, 11) is 1.66. The summed E-state index contributed by atoms with van der Waals surface area (Å²) in [6.45, 7) is 6.24. The molecule has 2 aromatic rings. The first-order valence-electron chi connectivity index (χ1n) is 11.5. The molecule has 0 N–H and O–H groups in total. The first-order valence-corrected chi connectivity index (χ1v) is 11.5. The van der Waals surface area contributed by atoms with E-state index < -0.39 is 0 Å². The molecule has 2 aliphatic rings. The van der Waals surface area contributed by atoms with Crippen LogP contribution in [0.15, 0.2) is 48.5 Å². The van der Waals surface area contributed by atoms with E-state index in [0.29, 0.717) is 19.5 Å². The number of amides is 1. The highest BCUT2D eigenvalue weighted by molar-refractivity contribution is 5.76. The Labute approximate surface area is 185 Å².